The van der Waals surface area contributed by atoms with Crippen LogP contribution in [0, 0.1) is 0 Å². The van der Waals surface area contributed by atoms with E-state index in [0.29, 0.717) is 19.5 Å². The Hall–Kier alpha value is -1.39. The van der Waals surface area contributed by atoms with Crippen molar-refractivity contribution in [3.8, 4) is 0 Å². The van der Waals surface area contributed by atoms with E-state index in [0.717, 1.165) is 31.4 Å². The van der Waals surface area contributed by atoms with Crippen LogP contribution in [0.4, 0.5) is 0 Å². The van der Waals surface area contributed by atoms with E-state index < -0.39 is 5.60 Å². The molecule has 1 amide bonds. The number of benzene rings is 1. The molecule has 2 unspecified atom stereocenters. The van der Waals surface area contributed by atoms with Gasteiger partial charge in [-0.1, -0.05) is 24.3 Å². The third kappa shape index (κ3) is 2.72. The summed E-state index contributed by atoms with van der Waals surface area (Å²) in [7, 11) is 0. The van der Waals surface area contributed by atoms with E-state index in [4.69, 9.17) is 0 Å². The van der Waals surface area contributed by atoms with Gasteiger partial charge in [0.05, 0.1) is 11.5 Å². The lowest BCUT2D eigenvalue weighted by Crippen LogP contribution is -2.46. The minimum absolute atomic E-state index is 0.0532. The highest BCUT2D eigenvalue weighted by molar-refractivity contribution is 5.84. The van der Waals surface area contributed by atoms with Crippen molar-refractivity contribution >= 4 is 5.91 Å². The Morgan fingerprint density at radius 1 is 1.45 bits per heavy atom. The first-order valence-electron chi connectivity index (χ1n) is 7.47. The molecule has 1 fully saturated rings. The molecule has 4 heteroatoms. The normalized spacial score (nSPS) is 28.9. The Bertz CT molecular complexity index is 495. The lowest BCUT2D eigenvalue weighted by Gasteiger charge is -2.27. The Kier molecular flexibility index (Phi) is 3.76. The van der Waals surface area contributed by atoms with Gasteiger partial charge in [-0.2, -0.15) is 0 Å². The van der Waals surface area contributed by atoms with E-state index in [1.165, 1.54) is 5.56 Å². The monoisotopic (exact) mass is 274 g/mol. The van der Waals surface area contributed by atoms with Gasteiger partial charge in [0.2, 0.25) is 5.91 Å². The summed E-state index contributed by atoms with van der Waals surface area (Å²) in [6.07, 6.45) is 3.72. The average molecular weight is 274 g/mol. The predicted molar refractivity (Wildman–Crippen MR) is 77.6 cm³/mol. The molecule has 0 bridgehead atoms. The van der Waals surface area contributed by atoms with Gasteiger partial charge in [-0.15, -0.1) is 0 Å². The van der Waals surface area contributed by atoms with Gasteiger partial charge in [0, 0.05) is 13.1 Å². The zero-order chi connectivity index (χ0) is 14.0. The summed E-state index contributed by atoms with van der Waals surface area (Å²) in [5, 5.41) is 16.3. The van der Waals surface area contributed by atoms with Crippen LogP contribution in [0.3, 0.4) is 0 Å². The smallest absolute Gasteiger partial charge is 0.227 e. The molecule has 1 saturated heterocycles. The molecule has 3 rings (SSSR count). The standard InChI is InChI=1S/C16H22N2O2/c19-15(18-11-16(20)8-9-17-10-16)14-7-3-5-12-4-1-2-6-13(12)14/h1-2,4,6,14,17,20H,3,5,7-11H2,(H,18,19). The lowest BCUT2D eigenvalue weighted by atomic mass is 9.82. The molecule has 1 aromatic carbocycles. The maximum absolute atomic E-state index is 12.4. The highest BCUT2D eigenvalue weighted by Gasteiger charge is 2.33. The SMILES string of the molecule is O=C(NCC1(O)CCNC1)C1CCCc2ccccc21. The number of carbonyl (C=O) groups is 1. The second-order valence-corrected chi connectivity index (χ2v) is 6.01. The van der Waals surface area contributed by atoms with Crippen molar-refractivity contribution in [3.05, 3.63) is 35.4 Å². The summed E-state index contributed by atoms with van der Waals surface area (Å²) in [6.45, 7) is 1.73. The van der Waals surface area contributed by atoms with E-state index in [-0.39, 0.29) is 11.8 Å². The van der Waals surface area contributed by atoms with Crippen molar-refractivity contribution in [1.82, 2.24) is 10.6 Å². The first kappa shape index (κ1) is 13.6. The van der Waals surface area contributed by atoms with E-state index in [9.17, 15) is 9.90 Å². The van der Waals surface area contributed by atoms with Crippen LogP contribution in [-0.4, -0.2) is 36.2 Å². The van der Waals surface area contributed by atoms with Crippen LogP contribution >= 0.6 is 0 Å². The van der Waals surface area contributed by atoms with Crippen LogP contribution in [0.5, 0.6) is 0 Å². The predicted octanol–water partition coefficient (Wildman–Crippen LogP) is 0.947. The number of hydrogen-bond acceptors (Lipinski definition) is 3. The summed E-state index contributed by atoms with van der Waals surface area (Å²) >= 11 is 0. The molecule has 108 valence electrons. The summed E-state index contributed by atoms with van der Waals surface area (Å²) < 4.78 is 0. The largest absolute Gasteiger partial charge is 0.387 e. The Labute approximate surface area is 119 Å². The average Bonchev–Trinajstić information content (AvgIpc) is 2.91. The second-order valence-electron chi connectivity index (χ2n) is 6.01. The van der Waals surface area contributed by atoms with Gasteiger partial charge < -0.3 is 15.7 Å². The highest BCUT2D eigenvalue weighted by Crippen LogP contribution is 2.31. The molecule has 2 atom stereocenters. The number of aryl methyl sites for hydroxylation is 1. The first-order chi connectivity index (χ1) is 9.68. The summed E-state index contributed by atoms with van der Waals surface area (Å²) in [6, 6.07) is 8.21. The molecular weight excluding hydrogens is 252 g/mol. The van der Waals surface area contributed by atoms with Gasteiger partial charge >= 0.3 is 0 Å². The van der Waals surface area contributed by atoms with Crippen molar-refractivity contribution in [3.63, 3.8) is 0 Å². The lowest BCUT2D eigenvalue weighted by molar-refractivity contribution is -0.124. The van der Waals surface area contributed by atoms with Gasteiger partial charge in [0.15, 0.2) is 0 Å². The van der Waals surface area contributed by atoms with E-state index in [1.54, 1.807) is 0 Å². The van der Waals surface area contributed by atoms with Crippen LogP contribution in [-0.2, 0) is 11.2 Å². The minimum atomic E-state index is -0.774. The molecule has 1 heterocycles. The molecule has 2 aliphatic rings. The number of hydrogen-bond donors (Lipinski definition) is 3. The minimum Gasteiger partial charge on any atom is -0.387 e. The quantitative estimate of drug-likeness (QED) is 0.769. The van der Waals surface area contributed by atoms with Crippen LogP contribution in [0.2, 0.25) is 0 Å². The zero-order valence-electron chi connectivity index (χ0n) is 11.7. The maximum atomic E-state index is 12.4. The van der Waals surface area contributed by atoms with Crippen LogP contribution in [0.1, 0.15) is 36.3 Å². The van der Waals surface area contributed by atoms with Gasteiger partial charge in [-0.25, -0.2) is 0 Å². The molecule has 20 heavy (non-hydrogen) atoms. The van der Waals surface area contributed by atoms with E-state index >= 15 is 0 Å². The van der Waals surface area contributed by atoms with Gasteiger partial charge in [0.25, 0.3) is 0 Å². The summed E-state index contributed by atoms with van der Waals surface area (Å²) in [5.74, 6) is -0.00427. The first-order valence-corrected chi connectivity index (χ1v) is 7.47. The van der Waals surface area contributed by atoms with Crippen LogP contribution < -0.4 is 10.6 Å². The highest BCUT2D eigenvalue weighted by atomic mass is 16.3. The van der Waals surface area contributed by atoms with E-state index in [2.05, 4.69) is 22.8 Å². The molecule has 3 N–H and O–H groups in total. The third-order valence-corrected chi connectivity index (χ3v) is 4.50. The Balaban J connectivity index is 1.66. The van der Waals surface area contributed by atoms with Crippen molar-refractivity contribution < 1.29 is 9.90 Å². The van der Waals surface area contributed by atoms with Crippen molar-refractivity contribution in [1.29, 1.82) is 0 Å². The number of aliphatic hydroxyl groups is 1. The van der Waals surface area contributed by atoms with Crippen molar-refractivity contribution in [2.75, 3.05) is 19.6 Å². The summed E-state index contributed by atoms with van der Waals surface area (Å²) in [5.41, 5.74) is 1.68. The molecule has 1 aliphatic carbocycles. The molecule has 0 radical (unpaired) electrons. The second kappa shape index (κ2) is 5.54. The zero-order valence-corrected chi connectivity index (χ0v) is 11.7. The number of rotatable bonds is 3. The molecular formula is C16H22N2O2. The fourth-order valence-electron chi connectivity index (χ4n) is 3.28. The fourth-order valence-corrected chi connectivity index (χ4v) is 3.28. The van der Waals surface area contributed by atoms with Crippen LogP contribution in [0.15, 0.2) is 24.3 Å². The molecule has 0 aromatic heterocycles. The number of amides is 1. The Morgan fingerprint density at radius 3 is 3.10 bits per heavy atom. The van der Waals surface area contributed by atoms with Crippen LogP contribution in [0.25, 0.3) is 0 Å². The summed E-state index contributed by atoms with van der Waals surface area (Å²) in [4.78, 5) is 12.4. The third-order valence-electron chi connectivity index (χ3n) is 4.50. The molecule has 0 saturated carbocycles. The fraction of sp³-hybridized carbons (Fsp3) is 0.562. The van der Waals surface area contributed by atoms with E-state index in [1.807, 2.05) is 12.1 Å². The molecule has 1 aliphatic heterocycles. The van der Waals surface area contributed by atoms with Gasteiger partial charge in [-0.3, -0.25) is 4.79 Å². The maximum Gasteiger partial charge on any atom is 0.227 e. The number of nitrogens with one attached hydrogen (secondary N) is 2. The number of fused-ring (bicyclic) bond motifs is 1. The van der Waals surface area contributed by atoms with Gasteiger partial charge in [-0.05, 0) is 43.4 Å². The number of β-amino-alcohol motifs (C(OH)–C–C–N with tert-alkyl or cyclic N) is 1. The number of carbonyl (C=O) groups excluding carboxylic acids is 1. The van der Waals surface area contributed by atoms with Crippen molar-refractivity contribution in [2.45, 2.75) is 37.2 Å². The molecule has 4 nitrogen and oxygen atoms in total. The Morgan fingerprint density at radius 2 is 2.30 bits per heavy atom. The topological polar surface area (TPSA) is 61.4 Å². The van der Waals surface area contributed by atoms with Gasteiger partial charge in [0.1, 0.15) is 0 Å². The molecule has 1 aromatic rings. The molecule has 0 spiro atoms. The van der Waals surface area contributed by atoms with Crippen molar-refractivity contribution in [2.24, 2.45) is 0 Å².